The van der Waals surface area contributed by atoms with Crippen LogP contribution in [0.5, 0.6) is 0 Å². The molecule has 0 aliphatic rings. The fraction of sp³-hybridized carbons (Fsp3) is 0.600. The van der Waals surface area contributed by atoms with Crippen molar-refractivity contribution in [2.75, 3.05) is 24.7 Å². The lowest BCUT2D eigenvalue weighted by molar-refractivity contribution is 0.0934. The van der Waals surface area contributed by atoms with Crippen molar-refractivity contribution in [3.8, 4) is 0 Å². The van der Waals surface area contributed by atoms with Crippen LogP contribution in [0.4, 0.5) is 10.9 Å². The molecule has 5 N–H and O–H groups in total. The lowest BCUT2D eigenvalue weighted by Crippen LogP contribution is -2.34. The average Bonchev–Trinajstić information content (AvgIpc) is 2.70. The number of aromatic nitrogens is 1. The highest BCUT2D eigenvalue weighted by atomic mass is 32.1. The summed E-state index contributed by atoms with van der Waals surface area (Å²) in [5.74, 6) is -0.00231. The van der Waals surface area contributed by atoms with Gasteiger partial charge in [0.2, 0.25) is 0 Å². The first-order valence-corrected chi connectivity index (χ1v) is 6.29. The molecule has 1 aromatic rings. The summed E-state index contributed by atoms with van der Waals surface area (Å²) in [5, 5.41) is 15.1. The molecule has 0 radical (unpaired) electrons. The predicted molar refractivity (Wildman–Crippen MR) is 69.3 cm³/mol. The normalized spacial score (nSPS) is 12.2. The molecule has 0 bridgehead atoms. The molecule has 0 aromatic carbocycles. The van der Waals surface area contributed by atoms with E-state index in [0.29, 0.717) is 16.4 Å². The number of carbonyl (C=O) groups is 1. The molecule has 1 atom stereocenters. The maximum Gasteiger partial charge on any atom is 0.265 e. The highest BCUT2D eigenvalue weighted by Gasteiger charge is 2.18. The van der Waals surface area contributed by atoms with Crippen LogP contribution in [0.15, 0.2) is 0 Å². The van der Waals surface area contributed by atoms with E-state index in [0.717, 1.165) is 6.42 Å². The van der Waals surface area contributed by atoms with Gasteiger partial charge in [-0.05, 0) is 12.8 Å². The number of thiazole rings is 1. The molecule has 0 saturated carbocycles. The van der Waals surface area contributed by atoms with Crippen LogP contribution in [0.1, 0.15) is 29.4 Å². The van der Waals surface area contributed by atoms with Crippen molar-refractivity contribution in [1.29, 1.82) is 0 Å². The molecule has 7 heteroatoms. The Kier molecular flexibility index (Phi) is 5.17. The van der Waals surface area contributed by atoms with Gasteiger partial charge in [-0.3, -0.25) is 4.79 Å². The maximum absolute atomic E-state index is 11.9. The van der Waals surface area contributed by atoms with Crippen LogP contribution < -0.4 is 16.4 Å². The number of nitrogens with zero attached hydrogens (tertiary/aromatic N) is 1. The van der Waals surface area contributed by atoms with Crippen LogP contribution in [0, 0.1) is 0 Å². The standard InChI is InChI=1S/C10H18N4O2S/c1-3-6(4-5-15)13-9(16)7-8(11)14-10(12-2)17-7/h6,15H,3-5,11H2,1-2H3,(H,12,14)(H,13,16). The maximum atomic E-state index is 11.9. The van der Waals surface area contributed by atoms with Gasteiger partial charge in [0.15, 0.2) is 5.13 Å². The first-order chi connectivity index (χ1) is 8.12. The highest BCUT2D eigenvalue weighted by Crippen LogP contribution is 2.24. The molecule has 6 nitrogen and oxygen atoms in total. The van der Waals surface area contributed by atoms with E-state index in [1.807, 2.05) is 6.92 Å². The Morgan fingerprint density at radius 2 is 2.35 bits per heavy atom. The van der Waals surface area contributed by atoms with Gasteiger partial charge in [-0.2, -0.15) is 0 Å². The number of anilines is 2. The molecule has 1 heterocycles. The Balaban J connectivity index is 2.71. The van der Waals surface area contributed by atoms with Gasteiger partial charge in [-0.25, -0.2) is 4.98 Å². The average molecular weight is 258 g/mol. The van der Waals surface area contributed by atoms with Gasteiger partial charge in [0.05, 0.1) is 0 Å². The van der Waals surface area contributed by atoms with Crippen molar-refractivity contribution in [3.05, 3.63) is 4.88 Å². The van der Waals surface area contributed by atoms with Crippen molar-refractivity contribution in [3.63, 3.8) is 0 Å². The molecule has 17 heavy (non-hydrogen) atoms. The summed E-state index contributed by atoms with van der Waals surface area (Å²) in [7, 11) is 1.72. The number of amides is 1. The topological polar surface area (TPSA) is 100 Å². The van der Waals surface area contributed by atoms with Crippen LogP contribution in [-0.2, 0) is 0 Å². The van der Waals surface area contributed by atoms with E-state index in [-0.39, 0.29) is 24.4 Å². The number of rotatable bonds is 6. The Labute approximate surface area is 104 Å². The van der Waals surface area contributed by atoms with Crippen molar-refractivity contribution >= 4 is 28.2 Å². The van der Waals surface area contributed by atoms with Crippen molar-refractivity contribution in [2.45, 2.75) is 25.8 Å². The largest absolute Gasteiger partial charge is 0.396 e. The summed E-state index contributed by atoms with van der Waals surface area (Å²) in [6.07, 6.45) is 1.31. The smallest absolute Gasteiger partial charge is 0.265 e. The molecule has 1 unspecified atom stereocenters. The Morgan fingerprint density at radius 1 is 1.65 bits per heavy atom. The first kappa shape index (κ1) is 13.7. The van der Waals surface area contributed by atoms with Crippen LogP contribution in [0.3, 0.4) is 0 Å². The number of nitrogens with one attached hydrogen (secondary N) is 2. The third kappa shape index (κ3) is 3.57. The van der Waals surface area contributed by atoms with Gasteiger partial charge in [0, 0.05) is 19.7 Å². The second-order valence-electron chi connectivity index (χ2n) is 3.57. The number of nitrogen functional groups attached to an aromatic ring is 1. The summed E-state index contributed by atoms with van der Waals surface area (Å²) in [6, 6.07) is -0.0352. The fourth-order valence-electron chi connectivity index (χ4n) is 1.39. The van der Waals surface area contributed by atoms with E-state index >= 15 is 0 Å². The zero-order valence-electron chi connectivity index (χ0n) is 9.99. The predicted octanol–water partition coefficient (Wildman–Crippen LogP) is 0.658. The van der Waals surface area contributed by atoms with Gasteiger partial charge in [0.1, 0.15) is 10.7 Å². The molecule has 1 aromatic heterocycles. The van der Waals surface area contributed by atoms with Gasteiger partial charge in [-0.1, -0.05) is 18.3 Å². The highest BCUT2D eigenvalue weighted by molar-refractivity contribution is 7.18. The molecular formula is C10H18N4O2S. The summed E-state index contributed by atoms with van der Waals surface area (Å²) >= 11 is 1.22. The first-order valence-electron chi connectivity index (χ1n) is 5.48. The molecule has 1 amide bonds. The zero-order chi connectivity index (χ0) is 12.8. The monoisotopic (exact) mass is 258 g/mol. The summed E-state index contributed by atoms with van der Waals surface area (Å²) in [6.45, 7) is 2.01. The molecule has 0 aliphatic carbocycles. The molecule has 96 valence electrons. The number of hydrogen-bond donors (Lipinski definition) is 4. The van der Waals surface area contributed by atoms with E-state index in [9.17, 15) is 4.79 Å². The number of hydrogen-bond acceptors (Lipinski definition) is 6. The van der Waals surface area contributed by atoms with Gasteiger partial charge in [-0.15, -0.1) is 0 Å². The number of aliphatic hydroxyl groups excluding tert-OH is 1. The van der Waals surface area contributed by atoms with E-state index in [2.05, 4.69) is 15.6 Å². The second kappa shape index (κ2) is 6.41. The lowest BCUT2D eigenvalue weighted by Gasteiger charge is -2.14. The summed E-state index contributed by atoms with van der Waals surface area (Å²) in [4.78, 5) is 16.3. The van der Waals surface area contributed by atoms with Crippen molar-refractivity contribution < 1.29 is 9.90 Å². The zero-order valence-corrected chi connectivity index (χ0v) is 10.8. The third-order valence-corrected chi connectivity index (χ3v) is 3.47. The minimum Gasteiger partial charge on any atom is -0.396 e. The van der Waals surface area contributed by atoms with E-state index in [1.165, 1.54) is 11.3 Å². The van der Waals surface area contributed by atoms with Crippen molar-refractivity contribution in [1.82, 2.24) is 10.3 Å². The number of carbonyl (C=O) groups excluding carboxylic acids is 1. The van der Waals surface area contributed by atoms with E-state index < -0.39 is 0 Å². The van der Waals surface area contributed by atoms with Crippen LogP contribution >= 0.6 is 11.3 Å². The SMILES string of the molecule is CCC(CCO)NC(=O)c1sc(NC)nc1N. The Bertz CT molecular complexity index is 380. The van der Waals surface area contributed by atoms with Crippen LogP contribution in [-0.4, -0.2) is 35.7 Å². The summed E-state index contributed by atoms with van der Waals surface area (Å²) in [5.41, 5.74) is 5.66. The quantitative estimate of drug-likeness (QED) is 0.600. The fourth-order valence-corrected chi connectivity index (χ4v) is 2.13. The molecular weight excluding hydrogens is 240 g/mol. The molecule has 0 fully saturated rings. The van der Waals surface area contributed by atoms with Gasteiger partial charge in [0.25, 0.3) is 5.91 Å². The Hall–Kier alpha value is -1.34. The number of aliphatic hydroxyl groups is 1. The summed E-state index contributed by atoms with van der Waals surface area (Å²) < 4.78 is 0. The van der Waals surface area contributed by atoms with Crippen molar-refractivity contribution in [2.24, 2.45) is 0 Å². The van der Waals surface area contributed by atoms with E-state index in [4.69, 9.17) is 10.8 Å². The second-order valence-corrected chi connectivity index (χ2v) is 4.57. The number of nitrogens with two attached hydrogens (primary N) is 1. The lowest BCUT2D eigenvalue weighted by atomic mass is 10.1. The van der Waals surface area contributed by atoms with Crippen LogP contribution in [0.2, 0.25) is 0 Å². The van der Waals surface area contributed by atoms with Gasteiger partial charge < -0.3 is 21.5 Å². The molecule has 0 spiro atoms. The molecule has 0 aliphatic heterocycles. The van der Waals surface area contributed by atoms with Gasteiger partial charge >= 0.3 is 0 Å². The Morgan fingerprint density at radius 3 is 2.82 bits per heavy atom. The molecule has 1 rings (SSSR count). The minimum atomic E-state index is -0.234. The molecule has 0 saturated heterocycles. The third-order valence-electron chi connectivity index (χ3n) is 2.38. The van der Waals surface area contributed by atoms with Crippen LogP contribution in [0.25, 0.3) is 0 Å². The minimum absolute atomic E-state index is 0.0352. The van der Waals surface area contributed by atoms with E-state index in [1.54, 1.807) is 7.05 Å².